The van der Waals surface area contributed by atoms with E-state index >= 15 is 0 Å². The van der Waals surface area contributed by atoms with Crippen molar-refractivity contribution in [3.8, 4) is 34.5 Å². The Labute approximate surface area is 373 Å². The van der Waals surface area contributed by atoms with Crippen LogP contribution >= 0.6 is 0 Å². The average molecular weight is 889 g/mol. The molecule has 4 aliphatic heterocycles. The highest BCUT2D eigenvalue weighted by atomic mass is 16.6. The van der Waals surface area contributed by atoms with E-state index in [1.807, 2.05) is 39.0 Å². The van der Waals surface area contributed by atoms with Crippen molar-refractivity contribution in [3.05, 3.63) is 71.3 Å². The van der Waals surface area contributed by atoms with Crippen molar-refractivity contribution in [1.29, 1.82) is 0 Å². The molecule has 2 spiro atoms. The lowest BCUT2D eigenvalue weighted by Gasteiger charge is -2.37. The summed E-state index contributed by atoms with van der Waals surface area (Å²) in [7, 11) is 9.47. The number of rotatable bonds is 12. The fraction of sp³-hybridized carbons (Fsp3) is 0.500. The number of carbonyl (C=O) groups is 5. The number of carbonyl (C=O) groups excluding carboxylic acids is 5. The topological polar surface area (TPSA) is 187 Å². The molecule has 0 bridgehead atoms. The molecule has 2 N–H and O–H groups in total. The average Bonchev–Trinajstić information content (AvgIpc) is 3.64. The Balaban J connectivity index is 0.000000214. The van der Waals surface area contributed by atoms with Gasteiger partial charge in [-0.05, 0) is 99.5 Å². The molecule has 7 amide bonds. The van der Waals surface area contributed by atoms with E-state index in [2.05, 4.69) is 15.5 Å². The van der Waals surface area contributed by atoms with Crippen molar-refractivity contribution in [1.82, 2.24) is 30.2 Å². The molecule has 4 heterocycles. The Morgan fingerprint density at radius 3 is 1.14 bits per heavy atom. The molecule has 0 radical (unpaired) electrons. The third-order valence-electron chi connectivity index (χ3n) is 11.8. The number of hydrogen-bond donors (Lipinski definition) is 2. The smallest absolute Gasteiger partial charge is 0.410 e. The second-order valence-electron chi connectivity index (χ2n) is 17.2. The lowest BCUT2D eigenvalue weighted by molar-refractivity contribution is -0.134. The van der Waals surface area contributed by atoms with Crippen LogP contribution in [0.1, 0.15) is 63.1 Å². The second kappa shape index (κ2) is 19.5. The monoisotopic (exact) mass is 888 g/mol. The van der Waals surface area contributed by atoms with Gasteiger partial charge >= 0.3 is 18.2 Å². The van der Waals surface area contributed by atoms with Gasteiger partial charge in [-0.25, -0.2) is 14.4 Å². The first kappa shape index (κ1) is 47.1. The van der Waals surface area contributed by atoms with Gasteiger partial charge in [0.25, 0.3) is 11.8 Å². The number of amides is 7. The number of methoxy groups -OCH3 is 6. The minimum absolute atomic E-state index is 0.107. The van der Waals surface area contributed by atoms with E-state index < -0.39 is 28.8 Å². The molecule has 3 aromatic rings. The van der Waals surface area contributed by atoms with Gasteiger partial charge in [0, 0.05) is 50.9 Å². The van der Waals surface area contributed by atoms with E-state index in [4.69, 9.17) is 33.2 Å². The molecule has 0 aromatic heterocycles. The third-order valence-corrected chi connectivity index (χ3v) is 11.8. The molecule has 0 unspecified atom stereocenters. The van der Waals surface area contributed by atoms with Gasteiger partial charge in [0.15, 0.2) is 0 Å². The van der Waals surface area contributed by atoms with Crippen molar-refractivity contribution in [2.45, 2.75) is 82.8 Å². The number of piperidine rings is 2. The van der Waals surface area contributed by atoms with Crippen LogP contribution < -0.4 is 39.1 Å². The molecule has 64 heavy (non-hydrogen) atoms. The Morgan fingerprint density at radius 2 is 0.828 bits per heavy atom. The number of nitrogens with one attached hydrogen (secondary N) is 2. The van der Waals surface area contributed by atoms with Gasteiger partial charge < -0.3 is 48.7 Å². The van der Waals surface area contributed by atoms with Crippen LogP contribution in [0.3, 0.4) is 0 Å². The van der Waals surface area contributed by atoms with Crippen molar-refractivity contribution >= 4 is 30.0 Å². The van der Waals surface area contributed by atoms with Crippen LogP contribution in [0.2, 0.25) is 0 Å². The minimum atomic E-state index is -0.988. The van der Waals surface area contributed by atoms with Gasteiger partial charge in [0.1, 0.15) is 51.2 Å². The summed E-state index contributed by atoms with van der Waals surface area (Å²) >= 11 is 0. The van der Waals surface area contributed by atoms with Crippen molar-refractivity contribution in [2.24, 2.45) is 0 Å². The molecule has 4 saturated heterocycles. The van der Waals surface area contributed by atoms with Crippen LogP contribution in [0.25, 0.3) is 0 Å². The summed E-state index contributed by atoms with van der Waals surface area (Å²) in [6, 6.07) is 15.6. The maximum absolute atomic E-state index is 13.4. The molecule has 4 aliphatic rings. The Hall–Kier alpha value is -6.43. The molecule has 346 valence electrons. The normalized spacial score (nSPS) is 18.0. The third kappa shape index (κ3) is 10.7. The van der Waals surface area contributed by atoms with Crippen LogP contribution in [-0.4, -0.2) is 135 Å². The van der Waals surface area contributed by atoms with Gasteiger partial charge in [-0.15, -0.1) is 0 Å². The molecule has 3 aromatic carbocycles. The maximum Gasteiger partial charge on any atom is 0.410 e. The zero-order valence-corrected chi connectivity index (χ0v) is 38.2. The van der Waals surface area contributed by atoms with E-state index in [0.717, 1.165) is 28.2 Å². The number of likely N-dealkylation sites (tertiary alicyclic amines) is 2. The first-order valence-corrected chi connectivity index (χ1v) is 21.1. The number of imide groups is 2. The molecule has 0 saturated carbocycles. The zero-order valence-electron chi connectivity index (χ0n) is 38.2. The predicted molar refractivity (Wildman–Crippen MR) is 234 cm³/mol. The molecule has 18 nitrogen and oxygen atoms in total. The van der Waals surface area contributed by atoms with E-state index in [1.165, 1.54) is 9.80 Å². The SMILES string of the molecule is COc1cc(CN2C(=O)NC3(CCN(C(=O)OC(C)(C)C)CC3)C2=O)cc(OC)c1.COc1cc(CN2CCC3(CC2)NC(=O)N(Cc2cc(OC)cc(OC)c2)C3=O)cc(OC)c1. The molecule has 7 rings (SSSR count). The molecule has 0 atom stereocenters. The van der Waals surface area contributed by atoms with Gasteiger partial charge in [0.2, 0.25) is 0 Å². The van der Waals surface area contributed by atoms with E-state index in [9.17, 15) is 24.0 Å². The van der Waals surface area contributed by atoms with Crippen LogP contribution in [0.15, 0.2) is 54.6 Å². The first-order chi connectivity index (χ1) is 30.5. The van der Waals surface area contributed by atoms with Gasteiger partial charge in [-0.3, -0.25) is 24.3 Å². The lowest BCUT2D eigenvalue weighted by Crippen LogP contribution is -2.56. The standard InChI is InChI=1S/C25H31N3O6.C21H29N3O6/c1-31-19-9-17(10-20(13-19)32-2)15-27-7-5-25(6-8-27)23(29)28(24(30)26-25)16-18-11-21(33-3)14-22(12-18)34-4;1-20(2,3)30-19(27)23-8-6-21(7-9-23)17(25)24(18(26)22-21)13-14-10-15(28-4)12-16(11-14)29-5/h9-14H,5-8,15-16H2,1-4H3,(H,26,30);10-12H,6-9,13H2,1-5H3,(H,22,26). The Morgan fingerprint density at radius 1 is 0.516 bits per heavy atom. The Kier molecular flexibility index (Phi) is 14.4. The fourth-order valence-electron chi connectivity index (χ4n) is 8.30. The summed E-state index contributed by atoms with van der Waals surface area (Å²) < 4.78 is 37.3. The number of hydrogen-bond acceptors (Lipinski definition) is 13. The largest absolute Gasteiger partial charge is 0.497 e. The molecule has 18 heteroatoms. The Bertz CT molecular complexity index is 2140. The summed E-state index contributed by atoms with van der Waals surface area (Å²) in [6.07, 6.45) is 1.38. The number of ether oxygens (including phenoxy) is 7. The van der Waals surface area contributed by atoms with Crippen molar-refractivity contribution in [2.75, 3.05) is 68.8 Å². The highest BCUT2D eigenvalue weighted by Crippen LogP contribution is 2.35. The zero-order chi connectivity index (χ0) is 46.4. The maximum atomic E-state index is 13.4. The summed E-state index contributed by atoms with van der Waals surface area (Å²) in [5.74, 6) is 3.41. The first-order valence-electron chi connectivity index (χ1n) is 21.1. The van der Waals surface area contributed by atoms with Crippen molar-refractivity contribution in [3.63, 3.8) is 0 Å². The van der Waals surface area contributed by atoms with E-state index in [1.54, 1.807) is 84.0 Å². The number of urea groups is 2. The second-order valence-corrected chi connectivity index (χ2v) is 17.2. The summed E-state index contributed by atoms with van der Waals surface area (Å²) in [5.41, 5.74) is 0.126. The van der Waals surface area contributed by atoms with E-state index in [-0.39, 0.29) is 30.9 Å². The highest BCUT2D eigenvalue weighted by Gasteiger charge is 2.54. The number of nitrogens with zero attached hydrogens (tertiary/aromatic N) is 4. The van der Waals surface area contributed by atoms with Gasteiger partial charge in [0.05, 0.1) is 55.7 Å². The van der Waals surface area contributed by atoms with Crippen LogP contribution in [-0.2, 0) is 34.0 Å². The van der Waals surface area contributed by atoms with Crippen LogP contribution in [0.5, 0.6) is 34.5 Å². The molecule has 0 aliphatic carbocycles. The van der Waals surface area contributed by atoms with Gasteiger partial charge in [-0.2, -0.15) is 0 Å². The minimum Gasteiger partial charge on any atom is -0.497 e. The van der Waals surface area contributed by atoms with E-state index in [0.29, 0.717) is 81.4 Å². The summed E-state index contributed by atoms with van der Waals surface area (Å²) in [5, 5.41) is 5.83. The highest BCUT2D eigenvalue weighted by molar-refractivity contribution is 6.07. The quantitative estimate of drug-likeness (QED) is 0.223. The summed E-state index contributed by atoms with van der Waals surface area (Å²) in [4.78, 5) is 70.5. The molecule has 4 fully saturated rings. The number of benzene rings is 3. The fourth-order valence-corrected chi connectivity index (χ4v) is 8.30. The molecular formula is C46H60N6O12. The van der Waals surface area contributed by atoms with Crippen molar-refractivity contribution < 1.29 is 57.1 Å². The van der Waals surface area contributed by atoms with Crippen LogP contribution in [0.4, 0.5) is 14.4 Å². The molecular weight excluding hydrogens is 829 g/mol. The van der Waals surface area contributed by atoms with Gasteiger partial charge in [-0.1, -0.05) is 0 Å². The lowest BCUT2D eigenvalue weighted by atomic mass is 9.87. The summed E-state index contributed by atoms with van der Waals surface area (Å²) in [6.45, 7) is 8.44. The predicted octanol–water partition coefficient (Wildman–Crippen LogP) is 5.33. The van der Waals surface area contributed by atoms with Crippen LogP contribution in [0, 0.1) is 0 Å².